The number of aliphatic carboxylic acids is 1. The summed E-state index contributed by atoms with van der Waals surface area (Å²) in [6, 6.07) is 20.5. The van der Waals surface area contributed by atoms with Crippen molar-refractivity contribution in [2.45, 2.75) is 38.8 Å². The molecule has 0 saturated heterocycles. The fourth-order valence-electron chi connectivity index (χ4n) is 4.60. The molecule has 3 aromatic carbocycles. The second-order valence-corrected chi connectivity index (χ2v) is 15.1. The standard InChI is InChI=1S/C31H37ClN2O7S2/c1-23-9-6-7-12-26(23)28-21-25(13-14-27(28)30(35)33-29(31(36)37)16-20-42(2,38)39)22-34(43(40,41)19-8-17-32)18-15-24-10-4-3-5-11-24/h3-7,9-14,21,29H,8,15-20,22H2,1-2H3,(H,33,35)(H,36,37)/t29-/m0/s1. The molecule has 0 bridgehead atoms. The van der Waals surface area contributed by atoms with E-state index < -0.39 is 43.5 Å². The number of rotatable bonds is 16. The van der Waals surface area contributed by atoms with Crippen molar-refractivity contribution in [3.8, 4) is 11.1 Å². The Balaban J connectivity index is 1.99. The Labute approximate surface area is 258 Å². The zero-order valence-corrected chi connectivity index (χ0v) is 26.6. The van der Waals surface area contributed by atoms with E-state index in [1.807, 2.05) is 61.5 Å². The second kappa shape index (κ2) is 15.5. The number of sulfonamides is 1. The molecule has 0 unspecified atom stereocenters. The topological polar surface area (TPSA) is 138 Å². The minimum atomic E-state index is -3.65. The summed E-state index contributed by atoms with van der Waals surface area (Å²) in [5.74, 6) is -2.30. The van der Waals surface area contributed by atoms with E-state index in [0.717, 1.165) is 22.9 Å². The molecule has 9 nitrogen and oxygen atoms in total. The van der Waals surface area contributed by atoms with Crippen LogP contribution in [0.1, 0.15) is 39.9 Å². The number of carbonyl (C=O) groups is 2. The Kier molecular flexibility index (Phi) is 12.3. The first-order chi connectivity index (χ1) is 20.3. The number of hydrogen-bond donors (Lipinski definition) is 2. The Morgan fingerprint density at radius 3 is 2.21 bits per heavy atom. The van der Waals surface area contributed by atoms with Crippen molar-refractivity contribution < 1.29 is 31.5 Å². The van der Waals surface area contributed by atoms with Gasteiger partial charge in [-0.1, -0.05) is 60.7 Å². The summed E-state index contributed by atoms with van der Waals surface area (Å²) in [6.45, 7) is 2.18. The van der Waals surface area contributed by atoms with Gasteiger partial charge in [-0.05, 0) is 66.1 Å². The maximum atomic E-state index is 13.4. The quantitative estimate of drug-likeness (QED) is 0.221. The largest absolute Gasteiger partial charge is 0.480 e. The summed E-state index contributed by atoms with van der Waals surface area (Å²) in [6.07, 6.45) is 1.54. The molecular formula is C31H37ClN2O7S2. The molecule has 12 heteroatoms. The number of benzene rings is 3. The molecule has 1 atom stereocenters. The van der Waals surface area contributed by atoms with Gasteiger partial charge in [-0.2, -0.15) is 4.31 Å². The van der Waals surface area contributed by atoms with Gasteiger partial charge in [-0.3, -0.25) is 4.79 Å². The first-order valence-corrected chi connectivity index (χ1v) is 18.0. The van der Waals surface area contributed by atoms with Crippen molar-refractivity contribution >= 4 is 43.3 Å². The lowest BCUT2D eigenvalue weighted by Crippen LogP contribution is -2.42. The highest BCUT2D eigenvalue weighted by molar-refractivity contribution is 7.90. The average molecular weight is 649 g/mol. The molecular weight excluding hydrogens is 612 g/mol. The van der Waals surface area contributed by atoms with E-state index in [2.05, 4.69) is 5.32 Å². The first-order valence-electron chi connectivity index (χ1n) is 13.8. The van der Waals surface area contributed by atoms with Crippen molar-refractivity contribution in [2.24, 2.45) is 0 Å². The highest BCUT2D eigenvalue weighted by Gasteiger charge is 2.26. The Morgan fingerprint density at radius 1 is 0.907 bits per heavy atom. The van der Waals surface area contributed by atoms with Gasteiger partial charge in [0, 0.05) is 30.8 Å². The molecule has 43 heavy (non-hydrogen) atoms. The third kappa shape index (κ3) is 10.5. The number of carboxylic acid groups (broad SMARTS) is 1. The summed E-state index contributed by atoms with van der Waals surface area (Å²) in [5, 5.41) is 12.1. The van der Waals surface area contributed by atoms with Gasteiger partial charge in [0.2, 0.25) is 10.0 Å². The highest BCUT2D eigenvalue weighted by Crippen LogP contribution is 2.29. The first kappa shape index (κ1) is 34.2. The lowest BCUT2D eigenvalue weighted by Gasteiger charge is -2.23. The molecule has 1 amide bonds. The van der Waals surface area contributed by atoms with Crippen LogP contribution in [0.25, 0.3) is 11.1 Å². The molecule has 3 rings (SSSR count). The van der Waals surface area contributed by atoms with E-state index in [1.54, 1.807) is 18.2 Å². The molecule has 0 radical (unpaired) electrons. The number of hydrogen-bond acceptors (Lipinski definition) is 6. The van der Waals surface area contributed by atoms with Gasteiger partial charge in [0.1, 0.15) is 15.9 Å². The van der Waals surface area contributed by atoms with Crippen LogP contribution in [0, 0.1) is 6.92 Å². The number of sulfone groups is 1. The number of carbonyl (C=O) groups excluding carboxylic acids is 1. The van der Waals surface area contributed by atoms with Crippen molar-refractivity contribution in [2.75, 3.05) is 30.2 Å². The fourth-order valence-corrected chi connectivity index (χ4v) is 7.03. The van der Waals surface area contributed by atoms with Crippen LogP contribution in [-0.2, 0) is 37.6 Å². The van der Waals surface area contributed by atoms with Crippen LogP contribution < -0.4 is 5.32 Å². The van der Waals surface area contributed by atoms with Crippen LogP contribution in [0.5, 0.6) is 0 Å². The molecule has 0 aromatic heterocycles. The van der Waals surface area contributed by atoms with Crippen LogP contribution in [0.3, 0.4) is 0 Å². The highest BCUT2D eigenvalue weighted by atomic mass is 35.5. The van der Waals surface area contributed by atoms with E-state index in [9.17, 15) is 31.5 Å². The monoisotopic (exact) mass is 648 g/mol. The number of aryl methyl sites for hydroxylation is 1. The molecule has 232 valence electrons. The van der Waals surface area contributed by atoms with E-state index in [4.69, 9.17) is 11.6 Å². The fraction of sp³-hybridized carbons (Fsp3) is 0.355. The van der Waals surface area contributed by atoms with Gasteiger partial charge >= 0.3 is 5.97 Å². The van der Waals surface area contributed by atoms with E-state index in [0.29, 0.717) is 24.0 Å². The molecule has 0 heterocycles. The minimum Gasteiger partial charge on any atom is -0.480 e. The number of alkyl halides is 1. The summed E-state index contributed by atoms with van der Waals surface area (Å²) >= 11 is 5.81. The van der Waals surface area contributed by atoms with Crippen LogP contribution in [0.2, 0.25) is 0 Å². The summed E-state index contributed by atoms with van der Waals surface area (Å²) in [7, 11) is -7.10. The Morgan fingerprint density at radius 2 is 1.58 bits per heavy atom. The minimum absolute atomic E-state index is 0.0599. The number of nitrogens with one attached hydrogen (secondary N) is 1. The molecule has 3 aromatic rings. The predicted molar refractivity (Wildman–Crippen MR) is 170 cm³/mol. The van der Waals surface area contributed by atoms with Crippen LogP contribution in [0.4, 0.5) is 0 Å². The number of carboxylic acids is 1. The van der Waals surface area contributed by atoms with Crippen molar-refractivity contribution in [3.05, 3.63) is 95.1 Å². The van der Waals surface area contributed by atoms with Crippen molar-refractivity contribution in [3.63, 3.8) is 0 Å². The predicted octanol–water partition coefficient (Wildman–Crippen LogP) is 4.28. The Hall–Kier alpha value is -3.25. The van der Waals surface area contributed by atoms with Gasteiger partial charge in [0.05, 0.1) is 11.5 Å². The van der Waals surface area contributed by atoms with E-state index >= 15 is 0 Å². The number of halogens is 1. The van der Waals surface area contributed by atoms with Gasteiger partial charge in [-0.25, -0.2) is 21.6 Å². The molecule has 0 spiro atoms. The van der Waals surface area contributed by atoms with Crippen molar-refractivity contribution in [1.82, 2.24) is 9.62 Å². The maximum Gasteiger partial charge on any atom is 0.326 e. The molecule has 2 N–H and O–H groups in total. The van der Waals surface area contributed by atoms with Gasteiger partial charge in [-0.15, -0.1) is 11.6 Å². The zero-order valence-electron chi connectivity index (χ0n) is 24.2. The smallest absolute Gasteiger partial charge is 0.326 e. The normalized spacial score (nSPS) is 12.7. The molecule has 0 fully saturated rings. The average Bonchev–Trinajstić information content (AvgIpc) is 2.96. The molecule has 0 aliphatic heterocycles. The molecule has 0 saturated carbocycles. The lowest BCUT2D eigenvalue weighted by molar-refractivity contribution is -0.139. The number of nitrogens with zero attached hydrogens (tertiary/aromatic N) is 1. The molecule has 0 aliphatic rings. The second-order valence-electron chi connectivity index (χ2n) is 10.4. The molecule has 0 aliphatic carbocycles. The van der Waals surface area contributed by atoms with Gasteiger partial charge in [0.25, 0.3) is 5.91 Å². The maximum absolute atomic E-state index is 13.4. The zero-order chi connectivity index (χ0) is 31.6. The van der Waals surface area contributed by atoms with E-state index in [-0.39, 0.29) is 36.7 Å². The SMILES string of the molecule is Cc1ccccc1-c1cc(CN(CCc2ccccc2)S(=O)(=O)CCCCl)ccc1C(=O)N[C@@H](CCS(C)(=O)=O)C(=O)O. The lowest BCUT2D eigenvalue weighted by atomic mass is 9.93. The Bertz CT molecular complexity index is 1630. The third-order valence-electron chi connectivity index (χ3n) is 6.93. The van der Waals surface area contributed by atoms with Gasteiger partial charge < -0.3 is 10.4 Å². The van der Waals surface area contributed by atoms with Crippen molar-refractivity contribution in [1.29, 1.82) is 0 Å². The summed E-state index contributed by atoms with van der Waals surface area (Å²) in [5.41, 5.74) is 3.90. The third-order valence-corrected chi connectivity index (χ3v) is 10.1. The summed E-state index contributed by atoms with van der Waals surface area (Å²) < 4.78 is 51.3. The van der Waals surface area contributed by atoms with Crippen LogP contribution >= 0.6 is 11.6 Å². The van der Waals surface area contributed by atoms with Gasteiger partial charge in [0.15, 0.2) is 0 Å². The summed E-state index contributed by atoms with van der Waals surface area (Å²) in [4.78, 5) is 25.2. The number of amides is 1. The van der Waals surface area contributed by atoms with Crippen LogP contribution in [-0.4, -0.2) is 74.4 Å². The van der Waals surface area contributed by atoms with E-state index in [1.165, 1.54) is 4.31 Å². The van der Waals surface area contributed by atoms with Crippen LogP contribution in [0.15, 0.2) is 72.8 Å².